The molecule has 0 aliphatic rings. The van der Waals surface area contributed by atoms with E-state index < -0.39 is 0 Å². The molecule has 0 unspecified atom stereocenters. The molecule has 0 N–H and O–H groups in total. The number of aryl methyl sites for hydroxylation is 2. The van der Waals surface area contributed by atoms with Crippen LogP contribution in [0.15, 0.2) is 122 Å². The van der Waals surface area contributed by atoms with E-state index in [0.717, 1.165) is 11.4 Å². The average Bonchev–Trinajstić information content (AvgIpc) is 3.85. The molecule has 8 rings (SSSR count). The summed E-state index contributed by atoms with van der Waals surface area (Å²) in [6, 6.07) is 36.7. The maximum Gasteiger partial charge on any atom is 0.241 e. The van der Waals surface area contributed by atoms with Crippen LogP contribution in [0.3, 0.4) is 0 Å². The van der Waals surface area contributed by atoms with Crippen LogP contribution in [0.25, 0.3) is 44.4 Å². The first-order valence-corrected chi connectivity index (χ1v) is 13.5. The Bertz CT molecular complexity index is 1940. The van der Waals surface area contributed by atoms with Crippen LogP contribution in [0.2, 0.25) is 0 Å². The third-order valence-corrected chi connectivity index (χ3v) is 6.50. The second kappa shape index (κ2) is 14.2. The van der Waals surface area contributed by atoms with Crippen molar-refractivity contribution < 1.29 is 29.2 Å². The van der Waals surface area contributed by atoms with Crippen molar-refractivity contribution in [3.05, 3.63) is 147 Å². The van der Waals surface area contributed by atoms with E-state index in [-0.39, 0.29) is 20.1 Å². The summed E-state index contributed by atoms with van der Waals surface area (Å²) in [7, 11) is 3.92. The Balaban J connectivity index is 0.000000132. The van der Waals surface area contributed by atoms with Gasteiger partial charge in [-0.1, -0.05) is 53.8 Å². The zero-order valence-corrected chi connectivity index (χ0v) is 26.3. The van der Waals surface area contributed by atoms with Crippen molar-refractivity contribution in [3.63, 3.8) is 0 Å². The number of benzene rings is 4. The SMILES string of the molecule is C[n+]1[c-]n(-c2[c-]ccc3ccccc23)cc1.C[n+]1[c-]n(-c2[c-]ccc3ccccc23)cc1.[Ir].c1ccc(-c2nnn[n-]2)nc1. The normalized spacial score (nSPS) is 10.3. The zero-order chi connectivity index (χ0) is 29.4. The van der Waals surface area contributed by atoms with Gasteiger partial charge in [0.05, 0.1) is 25.6 Å². The summed E-state index contributed by atoms with van der Waals surface area (Å²) in [4.78, 5) is 4.02. The van der Waals surface area contributed by atoms with E-state index in [4.69, 9.17) is 0 Å². The molecule has 4 heterocycles. The smallest absolute Gasteiger partial charge is 0.241 e. The van der Waals surface area contributed by atoms with E-state index in [2.05, 4.69) is 86.8 Å². The molecular formula is C34H26IrN9-3. The van der Waals surface area contributed by atoms with Gasteiger partial charge < -0.3 is 23.4 Å². The molecule has 0 amide bonds. The van der Waals surface area contributed by atoms with Crippen LogP contribution in [-0.4, -0.2) is 29.6 Å². The molecule has 44 heavy (non-hydrogen) atoms. The summed E-state index contributed by atoms with van der Waals surface area (Å²) < 4.78 is 7.72. The number of hydrogen-bond donors (Lipinski definition) is 0. The van der Waals surface area contributed by atoms with Crippen LogP contribution in [0.5, 0.6) is 0 Å². The average molecular weight is 753 g/mol. The first-order valence-electron chi connectivity index (χ1n) is 13.5. The third kappa shape index (κ3) is 7.00. The van der Waals surface area contributed by atoms with Crippen LogP contribution in [-0.2, 0) is 34.2 Å². The van der Waals surface area contributed by atoms with Crippen molar-refractivity contribution in [2.24, 2.45) is 14.1 Å². The molecule has 219 valence electrons. The number of nitrogens with zero attached hydrogens (tertiary/aromatic N) is 9. The van der Waals surface area contributed by atoms with E-state index in [0.29, 0.717) is 11.5 Å². The monoisotopic (exact) mass is 753 g/mol. The van der Waals surface area contributed by atoms with E-state index in [9.17, 15) is 0 Å². The first kappa shape index (κ1) is 30.2. The molecular weight excluding hydrogens is 727 g/mol. The minimum atomic E-state index is 0. The van der Waals surface area contributed by atoms with Gasteiger partial charge in [0, 0.05) is 51.1 Å². The third-order valence-electron chi connectivity index (χ3n) is 6.50. The molecule has 0 saturated heterocycles. The van der Waals surface area contributed by atoms with Gasteiger partial charge in [0.2, 0.25) is 12.7 Å². The van der Waals surface area contributed by atoms with Gasteiger partial charge in [-0.2, -0.15) is 41.6 Å². The maximum absolute atomic E-state index is 4.02. The molecule has 1 radical (unpaired) electrons. The summed E-state index contributed by atoms with van der Waals surface area (Å²) in [5.41, 5.74) is 2.77. The zero-order valence-electron chi connectivity index (χ0n) is 23.9. The standard InChI is InChI=1S/2C14H11N2.C6H4N5.Ir/c2*1-15-9-10-16(11-15)14-8-4-6-12-5-2-3-7-13(12)14;1-2-4-7-5(3-1)6-8-10-11-9-6;/h2*2-7,9-10H,1H3;1-4H;/q3*-1;. The number of tetrazole rings is 1. The van der Waals surface area contributed by atoms with Gasteiger partial charge in [-0.3, -0.25) is 15.3 Å². The molecule has 0 spiro atoms. The second-order valence-corrected chi connectivity index (χ2v) is 9.50. The summed E-state index contributed by atoms with van der Waals surface area (Å²) in [6.45, 7) is 0. The molecule has 0 bridgehead atoms. The first-order chi connectivity index (χ1) is 21.2. The van der Waals surface area contributed by atoms with E-state index in [1.165, 1.54) is 21.5 Å². The Morgan fingerprint density at radius 1 is 0.682 bits per heavy atom. The van der Waals surface area contributed by atoms with Gasteiger partial charge in [0.15, 0.2) is 0 Å². The molecule has 0 aliphatic heterocycles. The molecule has 4 aromatic carbocycles. The summed E-state index contributed by atoms with van der Waals surface area (Å²) in [5, 5.41) is 18.8. The molecule has 9 nitrogen and oxygen atoms in total. The fourth-order valence-electron chi connectivity index (χ4n) is 4.49. The van der Waals surface area contributed by atoms with Gasteiger partial charge in [-0.05, 0) is 12.1 Å². The molecule has 0 atom stereocenters. The van der Waals surface area contributed by atoms with Crippen molar-refractivity contribution in [3.8, 4) is 22.9 Å². The number of rotatable bonds is 3. The van der Waals surface area contributed by atoms with E-state index in [1.807, 2.05) is 106 Å². The topological polar surface area (TPSA) is 83.3 Å². The second-order valence-electron chi connectivity index (χ2n) is 9.50. The maximum atomic E-state index is 4.02. The number of pyridine rings is 1. The summed E-state index contributed by atoms with van der Waals surface area (Å²) in [6.07, 6.45) is 15.9. The predicted molar refractivity (Wildman–Crippen MR) is 161 cm³/mol. The largest absolute Gasteiger partial charge is 0.348 e. The number of fused-ring (bicyclic) bond motifs is 2. The fourth-order valence-corrected chi connectivity index (χ4v) is 4.49. The quantitative estimate of drug-likeness (QED) is 0.202. The summed E-state index contributed by atoms with van der Waals surface area (Å²) in [5.74, 6) is 0.464. The molecule has 0 saturated carbocycles. The Labute approximate surface area is 268 Å². The van der Waals surface area contributed by atoms with Crippen LogP contribution in [0, 0.1) is 24.8 Å². The van der Waals surface area contributed by atoms with Crippen LogP contribution in [0.4, 0.5) is 0 Å². The van der Waals surface area contributed by atoms with Crippen LogP contribution < -0.4 is 14.2 Å². The number of hydrogen-bond acceptors (Lipinski definition) is 4. The fraction of sp³-hybridized carbons (Fsp3) is 0.0588. The van der Waals surface area contributed by atoms with Crippen molar-refractivity contribution >= 4 is 21.5 Å². The van der Waals surface area contributed by atoms with Gasteiger partial charge >= 0.3 is 0 Å². The van der Waals surface area contributed by atoms with Gasteiger partial charge in [0.25, 0.3) is 0 Å². The van der Waals surface area contributed by atoms with E-state index in [1.54, 1.807) is 12.3 Å². The van der Waals surface area contributed by atoms with Crippen molar-refractivity contribution in [1.29, 1.82) is 0 Å². The van der Waals surface area contributed by atoms with E-state index >= 15 is 0 Å². The van der Waals surface area contributed by atoms with Gasteiger partial charge in [0.1, 0.15) is 0 Å². The van der Waals surface area contributed by atoms with Crippen molar-refractivity contribution in [2.45, 2.75) is 0 Å². The van der Waals surface area contributed by atoms with Gasteiger partial charge in [-0.15, -0.1) is 33.7 Å². The Morgan fingerprint density at radius 2 is 1.23 bits per heavy atom. The van der Waals surface area contributed by atoms with Crippen LogP contribution >= 0.6 is 0 Å². The Kier molecular flexibility index (Phi) is 9.76. The Hall–Kier alpha value is -5.31. The molecule has 4 aromatic heterocycles. The number of imidazole rings is 2. The molecule has 8 aromatic rings. The van der Waals surface area contributed by atoms with Gasteiger partial charge in [-0.25, -0.2) is 0 Å². The minimum absolute atomic E-state index is 0. The van der Waals surface area contributed by atoms with Crippen molar-refractivity contribution in [2.75, 3.05) is 0 Å². The molecule has 0 fully saturated rings. The van der Waals surface area contributed by atoms with Crippen LogP contribution in [0.1, 0.15) is 0 Å². The Morgan fingerprint density at radius 3 is 1.68 bits per heavy atom. The summed E-state index contributed by atoms with van der Waals surface area (Å²) >= 11 is 0. The predicted octanol–water partition coefficient (Wildman–Crippen LogP) is 4.00. The minimum Gasteiger partial charge on any atom is -0.348 e. The number of aromatic nitrogens is 9. The molecule has 10 heteroatoms. The molecule has 0 aliphatic carbocycles. The van der Waals surface area contributed by atoms with Crippen molar-refractivity contribution in [1.82, 2.24) is 34.7 Å².